The molecule has 100 valence electrons. The molecule has 1 aromatic carbocycles. The predicted molar refractivity (Wildman–Crippen MR) is 72.8 cm³/mol. The summed E-state index contributed by atoms with van der Waals surface area (Å²) >= 11 is 1.49. The summed E-state index contributed by atoms with van der Waals surface area (Å²) in [6, 6.07) is 7.72. The molecule has 0 radical (unpaired) electrons. The van der Waals surface area contributed by atoms with Crippen molar-refractivity contribution in [3.8, 4) is 0 Å². The van der Waals surface area contributed by atoms with Crippen LogP contribution in [0.5, 0.6) is 0 Å². The van der Waals surface area contributed by atoms with Crippen LogP contribution in [0.15, 0.2) is 29.4 Å². The quantitative estimate of drug-likeness (QED) is 0.268. The molecule has 19 heavy (non-hydrogen) atoms. The highest BCUT2D eigenvalue weighted by molar-refractivity contribution is 7.98. The number of nitrogens with two attached hydrogens (primary N) is 2. The van der Waals surface area contributed by atoms with Crippen LogP contribution >= 0.6 is 11.8 Å². The first-order chi connectivity index (χ1) is 9.17. The average molecular weight is 278 g/mol. The third-order valence-corrected chi connectivity index (χ3v) is 3.32. The maximum atomic E-state index is 11.1. The van der Waals surface area contributed by atoms with E-state index in [-0.39, 0.29) is 12.3 Å². The van der Waals surface area contributed by atoms with E-state index in [2.05, 4.69) is 20.6 Å². The average Bonchev–Trinajstić information content (AvgIpc) is 2.83. The van der Waals surface area contributed by atoms with Crippen LogP contribution in [0, 0.1) is 0 Å². The van der Waals surface area contributed by atoms with Crippen molar-refractivity contribution < 1.29 is 4.79 Å². The van der Waals surface area contributed by atoms with Gasteiger partial charge < -0.3 is 5.73 Å². The Bertz CT molecular complexity index is 553. The van der Waals surface area contributed by atoms with E-state index in [1.807, 2.05) is 24.3 Å². The molecule has 1 amide bonds. The third kappa shape index (κ3) is 3.97. The summed E-state index contributed by atoms with van der Waals surface area (Å²) in [7, 11) is 0. The SMILES string of the molecule is NNC(=O)Cc1ccc(CSc2n[nH]c(N)n2)cc1. The molecule has 0 atom stereocenters. The van der Waals surface area contributed by atoms with Gasteiger partial charge in [0.25, 0.3) is 0 Å². The van der Waals surface area contributed by atoms with Crippen molar-refractivity contribution in [1.29, 1.82) is 0 Å². The summed E-state index contributed by atoms with van der Waals surface area (Å²) in [5.41, 5.74) is 9.57. The van der Waals surface area contributed by atoms with Gasteiger partial charge in [-0.15, -0.1) is 5.10 Å². The van der Waals surface area contributed by atoms with Crippen LogP contribution < -0.4 is 17.0 Å². The number of carbonyl (C=O) groups excluding carboxylic acids is 1. The zero-order chi connectivity index (χ0) is 13.7. The number of carbonyl (C=O) groups is 1. The number of thioether (sulfide) groups is 1. The number of hydrazine groups is 1. The number of hydrogen-bond donors (Lipinski definition) is 4. The Morgan fingerprint density at radius 1 is 1.32 bits per heavy atom. The van der Waals surface area contributed by atoms with Gasteiger partial charge in [0.15, 0.2) is 0 Å². The van der Waals surface area contributed by atoms with Gasteiger partial charge in [-0.05, 0) is 11.1 Å². The standard InChI is InChI=1S/C11H14N6OS/c12-10-14-11(17-16-10)19-6-8-3-1-7(2-4-8)5-9(18)15-13/h1-4H,5-6,13H2,(H,15,18)(H3,12,14,16,17). The molecule has 0 fully saturated rings. The normalized spacial score (nSPS) is 10.4. The first-order valence-electron chi connectivity index (χ1n) is 5.55. The van der Waals surface area contributed by atoms with Crippen molar-refractivity contribution in [2.24, 2.45) is 5.84 Å². The van der Waals surface area contributed by atoms with Gasteiger partial charge in [-0.25, -0.2) is 10.9 Å². The Labute approximate surface area is 114 Å². The molecule has 0 bridgehead atoms. The number of nitrogen functional groups attached to an aromatic ring is 1. The number of H-pyrrole nitrogens is 1. The first kappa shape index (κ1) is 13.4. The molecule has 2 aromatic rings. The molecule has 0 aliphatic rings. The summed E-state index contributed by atoms with van der Waals surface area (Å²) in [4.78, 5) is 15.1. The summed E-state index contributed by atoms with van der Waals surface area (Å²) in [5.74, 6) is 5.87. The van der Waals surface area contributed by atoms with E-state index in [0.29, 0.717) is 11.1 Å². The smallest absolute Gasteiger partial charge is 0.238 e. The Morgan fingerprint density at radius 3 is 2.58 bits per heavy atom. The molecule has 0 unspecified atom stereocenters. The van der Waals surface area contributed by atoms with Crippen molar-refractivity contribution in [1.82, 2.24) is 20.6 Å². The molecule has 8 heteroatoms. The van der Waals surface area contributed by atoms with Gasteiger partial charge in [0.2, 0.25) is 17.0 Å². The first-order valence-corrected chi connectivity index (χ1v) is 6.54. The van der Waals surface area contributed by atoms with Crippen molar-refractivity contribution in [2.45, 2.75) is 17.3 Å². The molecule has 2 rings (SSSR count). The minimum Gasteiger partial charge on any atom is -0.368 e. The van der Waals surface area contributed by atoms with Crippen LogP contribution in [0.3, 0.4) is 0 Å². The minimum atomic E-state index is -0.210. The monoisotopic (exact) mass is 278 g/mol. The van der Waals surface area contributed by atoms with E-state index in [4.69, 9.17) is 11.6 Å². The molecule has 0 spiro atoms. The molecular weight excluding hydrogens is 264 g/mol. The van der Waals surface area contributed by atoms with Gasteiger partial charge in [-0.2, -0.15) is 4.98 Å². The Balaban J connectivity index is 1.89. The van der Waals surface area contributed by atoms with Gasteiger partial charge in [0.05, 0.1) is 6.42 Å². The lowest BCUT2D eigenvalue weighted by atomic mass is 10.1. The van der Waals surface area contributed by atoms with Crippen molar-refractivity contribution in [3.05, 3.63) is 35.4 Å². The molecule has 0 aliphatic carbocycles. The van der Waals surface area contributed by atoms with Gasteiger partial charge in [-0.1, -0.05) is 36.0 Å². The second kappa shape index (κ2) is 6.21. The van der Waals surface area contributed by atoms with Gasteiger partial charge in [0, 0.05) is 5.75 Å². The van der Waals surface area contributed by atoms with Crippen molar-refractivity contribution in [3.63, 3.8) is 0 Å². The number of aromatic nitrogens is 3. The van der Waals surface area contributed by atoms with Crippen LogP contribution in [0.25, 0.3) is 0 Å². The molecule has 0 saturated carbocycles. The van der Waals surface area contributed by atoms with E-state index in [1.54, 1.807) is 0 Å². The maximum absolute atomic E-state index is 11.1. The Hall–Kier alpha value is -2.06. The van der Waals surface area contributed by atoms with Crippen LogP contribution in [0.2, 0.25) is 0 Å². The fraction of sp³-hybridized carbons (Fsp3) is 0.182. The van der Waals surface area contributed by atoms with E-state index >= 15 is 0 Å². The summed E-state index contributed by atoms with van der Waals surface area (Å²) < 4.78 is 0. The number of rotatable bonds is 5. The zero-order valence-corrected chi connectivity index (χ0v) is 10.9. The number of nitrogens with one attached hydrogen (secondary N) is 2. The summed E-state index contributed by atoms with van der Waals surface area (Å²) in [5, 5.41) is 7.13. The highest BCUT2D eigenvalue weighted by Crippen LogP contribution is 2.19. The summed E-state index contributed by atoms with van der Waals surface area (Å²) in [6.45, 7) is 0. The predicted octanol–water partition coefficient (Wildman–Crippen LogP) is 0.212. The van der Waals surface area contributed by atoms with Gasteiger partial charge >= 0.3 is 0 Å². The molecule has 6 N–H and O–H groups in total. The van der Waals surface area contributed by atoms with Crippen LogP contribution in [-0.4, -0.2) is 21.1 Å². The molecule has 1 aromatic heterocycles. The highest BCUT2D eigenvalue weighted by atomic mass is 32.2. The zero-order valence-electron chi connectivity index (χ0n) is 10.1. The Morgan fingerprint density at radius 2 is 2.00 bits per heavy atom. The van der Waals surface area contributed by atoms with E-state index in [0.717, 1.165) is 16.9 Å². The number of anilines is 1. The third-order valence-electron chi connectivity index (χ3n) is 2.40. The molecule has 0 aliphatic heterocycles. The lowest BCUT2D eigenvalue weighted by molar-refractivity contribution is -0.120. The molecule has 1 heterocycles. The van der Waals surface area contributed by atoms with E-state index in [9.17, 15) is 4.79 Å². The van der Waals surface area contributed by atoms with Crippen molar-refractivity contribution in [2.75, 3.05) is 5.73 Å². The molecular formula is C11H14N6OS. The van der Waals surface area contributed by atoms with E-state index < -0.39 is 0 Å². The number of amides is 1. The maximum Gasteiger partial charge on any atom is 0.238 e. The Kier molecular flexibility index (Phi) is 4.37. The molecule has 0 saturated heterocycles. The van der Waals surface area contributed by atoms with Crippen LogP contribution in [-0.2, 0) is 17.0 Å². The van der Waals surface area contributed by atoms with Gasteiger partial charge in [0.1, 0.15) is 0 Å². The number of aromatic amines is 1. The highest BCUT2D eigenvalue weighted by Gasteiger charge is 2.03. The lowest BCUT2D eigenvalue weighted by Crippen LogP contribution is -2.31. The van der Waals surface area contributed by atoms with Gasteiger partial charge in [-0.3, -0.25) is 10.2 Å². The topological polar surface area (TPSA) is 123 Å². The largest absolute Gasteiger partial charge is 0.368 e. The number of hydrogen-bond acceptors (Lipinski definition) is 6. The fourth-order valence-electron chi connectivity index (χ4n) is 1.46. The van der Waals surface area contributed by atoms with E-state index in [1.165, 1.54) is 11.8 Å². The molecule has 7 nitrogen and oxygen atoms in total. The number of nitrogens with zero attached hydrogens (tertiary/aromatic N) is 2. The summed E-state index contributed by atoms with van der Waals surface area (Å²) in [6.07, 6.45) is 0.279. The lowest BCUT2D eigenvalue weighted by Gasteiger charge is -2.02. The van der Waals surface area contributed by atoms with Crippen LogP contribution in [0.1, 0.15) is 11.1 Å². The minimum absolute atomic E-state index is 0.210. The fourth-order valence-corrected chi connectivity index (χ4v) is 2.22. The van der Waals surface area contributed by atoms with Crippen molar-refractivity contribution >= 4 is 23.6 Å². The second-order valence-electron chi connectivity index (χ2n) is 3.85. The van der Waals surface area contributed by atoms with Crippen LogP contribution in [0.4, 0.5) is 5.95 Å². The second-order valence-corrected chi connectivity index (χ2v) is 4.80. The number of benzene rings is 1.